The van der Waals surface area contributed by atoms with E-state index in [4.69, 9.17) is 14.0 Å². The summed E-state index contributed by atoms with van der Waals surface area (Å²) in [5, 5.41) is 0. The molecule has 0 aromatic carbocycles. The fourth-order valence-electron chi connectivity index (χ4n) is 1.28. The van der Waals surface area contributed by atoms with Gasteiger partial charge in [0.2, 0.25) is 0 Å². The van der Waals surface area contributed by atoms with Crippen molar-refractivity contribution in [1.29, 1.82) is 0 Å². The van der Waals surface area contributed by atoms with Crippen LogP contribution in [0.5, 0.6) is 0 Å². The molecule has 0 aromatic rings. The van der Waals surface area contributed by atoms with E-state index in [9.17, 15) is 0 Å². The summed E-state index contributed by atoms with van der Waals surface area (Å²) in [7, 11) is 1.56. The third kappa shape index (κ3) is 3.64. The average Bonchev–Trinajstić information content (AvgIpc) is 2.59. The molecule has 1 aliphatic rings. The van der Waals surface area contributed by atoms with Crippen LogP contribution in [0.1, 0.15) is 13.3 Å². The molecule has 76 valence electrons. The van der Waals surface area contributed by atoms with Gasteiger partial charge < -0.3 is 14.0 Å². The van der Waals surface area contributed by atoms with E-state index in [-0.39, 0.29) is 7.25 Å². The van der Waals surface area contributed by atoms with E-state index in [1.807, 2.05) is 0 Å². The molecule has 1 saturated heterocycles. The maximum Gasteiger partial charge on any atom is 0.557 e. The molecule has 0 bridgehead atoms. The van der Waals surface area contributed by atoms with Gasteiger partial charge in [-0.2, -0.15) is 0 Å². The number of nitrogens with zero attached hydrogens (tertiary/aromatic N) is 1. The van der Waals surface area contributed by atoms with Crippen LogP contribution < -0.4 is 0 Å². The summed E-state index contributed by atoms with van der Waals surface area (Å²) >= 11 is 0. The van der Waals surface area contributed by atoms with Crippen molar-refractivity contribution in [3.63, 3.8) is 0 Å². The summed E-state index contributed by atoms with van der Waals surface area (Å²) in [4.78, 5) is 2.15. The molecule has 0 aromatic heterocycles. The normalized spacial score (nSPS) is 18.5. The van der Waals surface area contributed by atoms with E-state index in [0.29, 0.717) is 0 Å². The van der Waals surface area contributed by atoms with E-state index >= 15 is 0 Å². The van der Waals surface area contributed by atoms with E-state index in [1.165, 1.54) is 0 Å². The van der Waals surface area contributed by atoms with Gasteiger partial charge in [-0.15, -0.1) is 0 Å². The summed E-state index contributed by atoms with van der Waals surface area (Å²) in [5.41, 5.74) is 0. The highest BCUT2D eigenvalue weighted by atomic mass is 16.6. The average molecular weight is 187 g/mol. The lowest BCUT2D eigenvalue weighted by Gasteiger charge is -2.17. The van der Waals surface area contributed by atoms with Crippen LogP contribution in [0.25, 0.3) is 0 Å². The van der Waals surface area contributed by atoms with Gasteiger partial charge in [0, 0.05) is 33.4 Å². The van der Waals surface area contributed by atoms with E-state index < -0.39 is 0 Å². The van der Waals surface area contributed by atoms with Crippen LogP contribution in [0.4, 0.5) is 0 Å². The molecule has 0 aliphatic carbocycles. The number of hydrogen-bond acceptors (Lipinski definition) is 4. The molecule has 0 radical (unpaired) electrons. The quantitative estimate of drug-likeness (QED) is 0.562. The minimum Gasteiger partial charge on any atom is -0.397 e. The Morgan fingerprint density at radius 3 is 3.00 bits per heavy atom. The number of rotatable bonds is 6. The maximum atomic E-state index is 5.51. The second-order valence-electron chi connectivity index (χ2n) is 3.08. The minimum atomic E-state index is -0.143. The molecule has 0 amide bonds. The second kappa shape index (κ2) is 6.37. The zero-order chi connectivity index (χ0) is 9.52. The van der Waals surface area contributed by atoms with E-state index in [1.54, 1.807) is 7.11 Å². The Morgan fingerprint density at radius 2 is 2.31 bits per heavy atom. The van der Waals surface area contributed by atoms with Crippen molar-refractivity contribution in [2.24, 2.45) is 0 Å². The fourth-order valence-corrected chi connectivity index (χ4v) is 1.28. The van der Waals surface area contributed by atoms with E-state index in [0.717, 1.165) is 39.3 Å². The summed E-state index contributed by atoms with van der Waals surface area (Å²) in [6, 6.07) is 0. The predicted octanol–water partition coefficient (Wildman–Crippen LogP) is 0.377. The molecule has 0 saturated carbocycles. The number of methoxy groups -OCH3 is 1. The van der Waals surface area contributed by atoms with Gasteiger partial charge in [0.05, 0.1) is 6.61 Å². The molecule has 0 N–H and O–H groups in total. The molecule has 1 rings (SSSR count). The Hall–Kier alpha value is -0.0951. The van der Waals surface area contributed by atoms with Gasteiger partial charge in [-0.3, -0.25) is 4.81 Å². The Bertz CT molecular complexity index is 123. The number of ether oxygens (including phenoxy) is 1. The molecule has 1 heterocycles. The monoisotopic (exact) mass is 187 g/mol. The SMILES string of the molecule is CCCOB1OCCN1CCOC. The van der Waals surface area contributed by atoms with Crippen LogP contribution in [-0.4, -0.2) is 52.1 Å². The Morgan fingerprint density at radius 1 is 1.46 bits per heavy atom. The third-order valence-corrected chi connectivity index (χ3v) is 1.98. The Labute approximate surface area is 80.3 Å². The first-order valence-corrected chi connectivity index (χ1v) is 4.84. The first kappa shape index (κ1) is 11.0. The molecular formula is C8H18BNO3. The third-order valence-electron chi connectivity index (χ3n) is 1.98. The lowest BCUT2D eigenvalue weighted by atomic mass is 10.1. The van der Waals surface area contributed by atoms with Crippen molar-refractivity contribution in [3.05, 3.63) is 0 Å². The van der Waals surface area contributed by atoms with Crippen molar-refractivity contribution in [1.82, 2.24) is 4.81 Å². The molecule has 1 fully saturated rings. The van der Waals surface area contributed by atoms with Crippen molar-refractivity contribution in [3.8, 4) is 0 Å². The molecule has 1 aliphatic heterocycles. The van der Waals surface area contributed by atoms with Crippen LogP contribution in [-0.2, 0) is 14.0 Å². The van der Waals surface area contributed by atoms with Gasteiger partial charge >= 0.3 is 7.25 Å². The van der Waals surface area contributed by atoms with Crippen molar-refractivity contribution in [2.75, 3.05) is 40.0 Å². The molecule has 4 nitrogen and oxygen atoms in total. The molecule has 0 spiro atoms. The first-order chi connectivity index (χ1) is 6.38. The van der Waals surface area contributed by atoms with Crippen molar-refractivity contribution < 1.29 is 14.0 Å². The highest BCUT2D eigenvalue weighted by Crippen LogP contribution is 2.06. The fraction of sp³-hybridized carbons (Fsp3) is 1.00. The van der Waals surface area contributed by atoms with Gasteiger partial charge in [-0.05, 0) is 6.42 Å². The summed E-state index contributed by atoms with van der Waals surface area (Å²) in [5.74, 6) is 0. The van der Waals surface area contributed by atoms with Gasteiger partial charge in [0.25, 0.3) is 0 Å². The van der Waals surface area contributed by atoms with Crippen LogP contribution >= 0.6 is 0 Å². The van der Waals surface area contributed by atoms with Gasteiger partial charge in [0.15, 0.2) is 0 Å². The molecule has 0 unspecified atom stereocenters. The lowest BCUT2D eigenvalue weighted by Crippen LogP contribution is -2.39. The van der Waals surface area contributed by atoms with E-state index in [2.05, 4.69) is 11.7 Å². The highest BCUT2D eigenvalue weighted by molar-refractivity contribution is 6.41. The standard InChI is InChI=1S/C8H18BNO3/c1-3-6-12-9-10(4-7-11-2)5-8-13-9/h3-8H2,1-2H3. The number of hydrogen-bond donors (Lipinski definition) is 0. The minimum absolute atomic E-state index is 0.143. The molecule has 5 heteroatoms. The highest BCUT2D eigenvalue weighted by Gasteiger charge is 2.32. The van der Waals surface area contributed by atoms with Crippen LogP contribution in [0.3, 0.4) is 0 Å². The zero-order valence-corrected chi connectivity index (χ0v) is 8.49. The zero-order valence-electron chi connectivity index (χ0n) is 8.49. The Balaban J connectivity index is 2.18. The van der Waals surface area contributed by atoms with Crippen LogP contribution in [0, 0.1) is 0 Å². The smallest absolute Gasteiger partial charge is 0.397 e. The first-order valence-electron chi connectivity index (χ1n) is 4.84. The Kier molecular flexibility index (Phi) is 5.38. The van der Waals surface area contributed by atoms with Crippen LogP contribution in [0.15, 0.2) is 0 Å². The predicted molar refractivity (Wildman–Crippen MR) is 51.4 cm³/mol. The topological polar surface area (TPSA) is 30.9 Å². The van der Waals surface area contributed by atoms with Crippen molar-refractivity contribution >= 4 is 7.25 Å². The largest absolute Gasteiger partial charge is 0.557 e. The molecule has 13 heavy (non-hydrogen) atoms. The van der Waals surface area contributed by atoms with Crippen molar-refractivity contribution in [2.45, 2.75) is 13.3 Å². The second-order valence-corrected chi connectivity index (χ2v) is 3.08. The van der Waals surface area contributed by atoms with Crippen LogP contribution in [0.2, 0.25) is 0 Å². The summed E-state index contributed by atoms with van der Waals surface area (Å²) in [6.07, 6.45) is 1.03. The molecule has 0 atom stereocenters. The summed E-state index contributed by atoms with van der Waals surface area (Å²) in [6.45, 7) is 6.17. The van der Waals surface area contributed by atoms with Gasteiger partial charge in [-0.25, -0.2) is 0 Å². The van der Waals surface area contributed by atoms with Gasteiger partial charge in [0.1, 0.15) is 0 Å². The molecular weight excluding hydrogens is 169 g/mol. The summed E-state index contributed by atoms with van der Waals surface area (Å²) < 4.78 is 15.9. The van der Waals surface area contributed by atoms with Gasteiger partial charge in [-0.1, -0.05) is 6.92 Å². The lowest BCUT2D eigenvalue weighted by molar-refractivity contribution is 0.163. The maximum absolute atomic E-state index is 5.51.